The van der Waals surface area contributed by atoms with Crippen LogP contribution >= 0.6 is 0 Å². The van der Waals surface area contributed by atoms with E-state index in [0.29, 0.717) is 23.6 Å². The van der Waals surface area contributed by atoms with Crippen LogP contribution < -0.4 is 5.32 Å². The summed E-state index contributed by atoms with van der Waals surface area (Å²) in [6.45, 7) is 2.45. The topological polar surface area (TPSA) is 95.4 Å². The van der Waals surface area contributed by atoms with Gasteiger partial charge in [0.25, 0.3) is 0 Å². The lowest BCUT2D eigenvalue weighted by molar-refractivity contribution is -0.133. The van der Waals surface area contributed by atoms with Crippen LogP contribution in [0.1, 0.15) is 36.2 Å². The first-order valence-electron chi connectivity index (χ1n) is 7.73. The summed E-state index contributed by atoms with van der Waals surface area (Å²) in [5.41, 5.74) is -0.0579. The summed E-state index contributed by atoms with van der Waals surface area (Å²) in [4.78, 5) is 24.7. The van der Waals surface area contributed by atoms with Crippen molar-refractivity contribution in [3.05, 3.63) is 17.8 Å². The third kappa shape index (κ3) is 3.52. The maximum Gasteiger partial charge on any atom is 0.356 e. The van der Waals surface area contributed by atoms with Crippen molar-refractivity contribution in [1.29, 1.82) is 0 Å². The van der Waals surface area contributed by atoms with E-state index in [1.165, 1.54) is 6.07 Å². The Morgan fingerprint density at radius 2 is 1.91 bits per heavy atom. The van der Waals surface area contributed by atoms with Gasteiger partial charge in [-0.25, -0.2) is 4.79 Å². The van der Waals surface area contributed by atoms with Gasteiger partial charge in [-0.2, -0.15) is 0 Å². The summed E-state index contributed by atoms with van der Waals surface area (Å²) < 4.78 is 0. The van der Waals surface area contributed by atoms with Crippen molar-refractivity contribution in [1.82, 2.24) is 15.1 Å². The number of rotatable bonds is 5. The molecule has 22 heavy (non-hydrogen) atoms. The molecule has 7 heteroatoms. The van der Waals surface area contributed by atoms with Crippen molar-refractivity contribution >= 4 is 17.7 Å². The van der Waals surface area contributed by atoms with E-state index < -0.39 is 5.97 Å². The van der Waals surface area contributed by atoms with Crippen LogP contribution in [0.4, 0.5) is 5.82 Å². The molecule has 2 fully saturated rings. The molecule has 2 N–H and O–H groups in total. The van der Waals surface area contributed by atoms with E-state index in [1.807, 2.05) is 4.90 Å². The van der Waals surface area contributed by atoms with Gasteiger partial charge in [0.2, 0.25) is 5.91 Å². The van der Waals surface area contributed by atoms with Gasteiger partial charge < -0.3 is 15.3 Å². The minimum absolute atomic E-state index is 0.0579. The van der Waals surface area contributed by atoms with E-state index >= 15 is 0 Å². The molecule has 1 saturated heterocycles. The summed E-state index contributed by atoms with van der Waals surface area (Å²) in [6, 6.07) is 3.07. The van der Waals surface area contributed by atoms with Gasteiger partial charge in [0.1, 0.15) is 5.82 Å². The van der Waals surface area contributed by atoms with Gasteiger partial charge in [0.15, 0.2) is 5.69 Å². The highest BCUT2D eigenvalue weighted by atomic mass is 16.4. The Kier molecular flexibility index (Phi) is 4.22. The second kappa shape index (κ2) is 6.29. The molecule has 0 unspecified atom stereocenters. The molecule has 3 rings (SSSR count). The highest BCUT2D eigenvalue weighted by Gasteiger charge is 2.34. The lowest BCUT2D eigenvalue weighted by atomic mass is 9.96. The molecular weight excluding hydrogens is 284 g/mol. The summed E-state index contributed by atoms with van der Waals surface area (Å²) in [7, 11) is 0. The standard InChI is InChI=1S/C15H20N4O3/c20-14(11-1-2-11)19-7-5-10(6-8-19)9-16-13-4-3-12(15(21)22)17-18-13/h3-4,10-11H,1-2,5-9H2,(H,16,18)(H,21,22). The molecular formula is C15H20N4O3. The molecule has 1 amide bonds. The third-order valence-electron chi connectivity index (χ3n) is 4.31. The zero-order valence-electron chi connectivity index (χ0n) is 12.4. The average molecular weight is 304 g/mol. The summed E-state index contributed by atoms with van der Waals surface area (Å²) >= 11 is 0. The van der Waals surface area contributed by atoms with Gasteiger partial charge >= 0.3 is 5.97 Å². The van der Waals surface area contributed by atoms with Crippen LogP contribution in [0.25, 0.3) is 0 Å². The molecule has 1 aromatic rings. The number of nitrogens with zero attached hydrogens (tertiary/aromatic N) is 3. The number of carboxylic acid groups (broad SMARTS) is 1. The Labute approximate surface area is 128 Å². The van der Waals surface area contributed by atoms with Crippen molar-refractivity contribution in [3.8, 4) is 0 Å². The monoisotopic (exact) mass is 304 g/mol. The van der Waals surface area contributed by atoms with E-state index in [2.05, 4.69) is 15.5 Å². The number of carbonyl (C=O) groups is 2. The highest BCUT2D eigenvalue weighted by molar-refractivity contribution is 5.85. The third-order valence-corrected chi connectivity index (χ3v) is 4.31. The van der Waals surface area contributed by atoms with Crippen molar-refractivity contribution in [3.63, 3.8) is 0 Å². The maximum absolute atomic E-state index is 12.0. The number of likely N-dealkylation sites (tertiary alicyclic amines) is 1. The lowest BCUT2D eigenvalue weighted by Crippen LogP contribution is -2.40. The van der Waals surface area contributed by atoms with E-state index in [-0.39, 0.29) is 5.69 Å². The minimum Gasteiger partial charge on any atom is -0.476 e. The normalized spacial score (nSPS) is 19.0. The number of piperidine rings is 1. The van der Waals surface area contributed by atoms with Crippen LogP contribution in [0.5, 0.6) is 0 Å². The molecule has 0 aromatic carbocycles. The summed E-state index contributed by atoms with van der Waals surface area (Å²) in [5.74, 6) is 0.650. The Balaban J connectivity index is 1.43. The van der Waals surface area contributed by atoms with Crippen LogP contribution in [-0.4, -0.2) is 51.7 Å². The molecule has 1 aliphatic heterocycles. The average Bonchev–Trinajstić information content (AvgIpc) is 3.38. The van der Waals surface area contributed by atoms with Crippen LogP contribution in [0.15, 0.2) is 12.1 Å². The molecule has 0 radical (unpaired) electrons. The fourth-order valence-corrected chi connectivity index (χ4v) is 2.74. The first-order chi connectivity index (χ1) is 10.6. The number of carboxylic acids is 1. The molecule has 0 spiro atoms. The molecule has 0 bridgehead atoms. The van der Waals surface area contributed by atoms with E-state index in [4.69, 9.17) is 5.11 Å². The second-order valence-corrected chi connectivity index (χ2v) is 6.03. The number of hydrogen-bond acceptors (Lipinski definition) is 5. The van der Waals surface area contributed by atoms with Gasteiger partial charge in [-0.05, 0) is 43.7 Å². The zero-order valence-corrected chi connectivity index (χ0v) is 12.4. The first kappa shape index (κ1) is 14.7. The van der Waals surface area contributed by atoms with Crippen molar-refractivity contribution < 1.29 is 14.7 Å². The van der Waals surface area contributed by atoms with Crippen LogP contribution in [0, 0.1) is 11.8 Å². The van der Waals surface area contributed by atoms with E-state index in [1.54, 1.807) is 6.07 Å². The Bertz CT molecular complexity index is 548. The summed E-state index contributed by atoms with van der Waals surface area (Å²) in [6.07, 6.45) is 4.11. The number of anilines is 1. The first-order valence-corrected chi connectivity index (χ1v) is 7.73. The molecule has 1 aromatic heterocycles. The molecule has 0 atom stereocenters. The van der Waals surface area contributed by atoms with Crippen molar-refractivity contribution in [2.24, 2.45) is 11.8 Å². The van der Waals surface area contributed by atoms with Crippen molar-refractivity contribution in [2.45, 2.75) is 25.7 Å². The Morgan fingerprint density at radius 3 is 2.45 bits per heavy atom. The fraction of sp³-hybridized carbons (Fsp3) is 0.600. The fourth-order valence-electron chi connectivity index (χ4n) is 2.74. The quantitative estimate of drug-likeness (QED) is 0.849. The van der Waals surface area contributed by atoms with Gasteiger partial charge in [-0.15, -0.1) is 10.2 Å². The summed E-state index contributed by atoms with van der Waals surface area (Å²) in [5, 5.41) is 19.4. The molecule has 2 heterocycles. The lowest BCUT2D eigenvalue weighted by Gasteiger charge is -2.32. The predicted octanol–water partition coefficient (Wildman–Crippen LogP) is 1.24. The largest absolute Gasteiger partial charge is 0.476 e. The zero-order chi connectivity index (χ0) is 15.5. The van der Waals surface area contributed by atoms with Gasteiger partial charge in [0, 0.05) is 25.6 Å². The molecule has 1 saturated carbocycles. The number of nitrogens with one attached hydrogen (secondary N) is 1. The van der Waals surface area contributed by atoms with E-state index in [9.17, 15) is 9.59 Å². The Hall–Kier alpha value is -2.18. The smallest absolute Gasteiger partial charge is 0.356 e. The second-order valence-electron chi connectivity index (χ2n) is 6.03. The van der Waals surface area contributed by atoms with Gasteiger partial charge in [0.05, 0.1) is 0 Å². The Morgan fingerprint density at radius 1 is 1.18 bits per heavy atom. The molecule has 118 valence electrons. The number of aromatic carboxylic acids is 1. The molecule has 2 aliphatic rings. The number of hydrogen-bond donors (Lipinski definition) is 2. The van der Waals surface area contributed by atoms with Gasteiger partial charge in [-0.1, -0.05) is 0 Å². The molecule has 7 nitrogen and oxygen atoms in total. The number of carbonyl (C=O) groups excluding carboxylic acids is 1. The van der Waals surface area contributed by atoms with Crippen LogP contribution in [-0.2, 0) is 4.79 Å². The maximum atomic E-state index is 12.0. The van der Waals surface area contributed by atoms with Crippen LogP contribution in [0.2, 0.25) is 0 Å². The minimum atomic E-state index is -1.08. The SMILES string of the molecule is O=C(O)c1ccc(NCC2CCN(C(=O)C3CC3)CC2)nn1. The number of aromatic nitrogens is 2. The number of amides is 1. The van der Waals surface area contributed by atoms with E-state index in [0.717, 1.165) is 45.3 Å². The van der Waals surface area contributed by atoms with Crippen LogP contribution in [0.3, 0.4) is 0 Å². The van der Waals surface area contributed by atoms with Crippen molar-refractivity contribution in [2.75, 3.05) is 25.0 Å². The van der Waals surface area contributed by atoms with Gasteiger partial charge in [-0.3, -0.25) is 4.79 Å². The highest BCUT2D eigenvalue weighted by Crippen LogP contribution is 2.32. The molecule has 1 aliphatic carbocycles. The predicted molar refractivity (Wildman–Crippen MR) is 79.5 cm³/mol.